The number of ether oxygens (including phenoxy) is 2. The topological polar surface area (TPSA) is 89.0 Å². The molecular weight excluding hydrogens is 519 g/mol. The van der Waals surface area contributed by atoms with E-state index in [2.05, 4.69) is 11.6 Å². The van der Waals surface area contributed by atoms with Crippen molar-refractivity contribution in [3.63, 3.8) is 0 Å². The van der Waals surface area contributed by atoms with E-state index in [1.165, 1.54) is 23.1 Å². The second-order valence-corrected chi connectivity index (χ2v) is 10.4. The van der Waals surface area contributed by atoms with E-state index in [4.69, 9.17) is 9.47 Å². The molecule has 9 heteroatoms. The molecule has 0 unspecified atom stereocenters. The SMILES string of the molecule is C=CCOc1ccc([C@@H]2/C(=C(\O)c3ccc4c(c3)C[C@H](C)O4)C(=O)C(=O)N2c2nc3ccc(F)cc3s2)cc1. The van der Waals surface area contributed by atoms with E-state index in [0.717, 1.165) is 22.6 Å². The van der Waals surface area contributed by atoms with Crippen molar-refractivity contribution < 1.29 is 28.6 Å². The largest absolute Gasteiger partial charge is 0.507 e. The molecule has 6 rings (SSSR count). The number of fused-ring (bicyclic) bond motifs is 2. The molecular formula is C30H23FN2O5S. The summed E-state index contributed by atoms with van der Waals surface area (Å²) in [6.07, 6.45) is 2.30. The molecule has 4 aromatic rings. The fourth-order valence-electron chi connectivity index (χ4n) is 4.96. The van der Waals surface area contributed by atoms with Crippen molar-refractivity contribution in [2.45, 2.75) is 25.5 Å². The van der Waals surface area contributed by atoms with Gasteiger partial charge in [-0.1, -0.05) is 36.1 Å². The minimum absolute atomic E-state index is 0.00803. The van der Waals surface area contributed by atoms with Gasteiger partial charge >= 0.3 is 5.91 Å². The lowest BCUT2D eigenvalue weighted by atomic mass is 9.94. The summed E-state index contributed by atoms with van der Waals surface area (Å²) in [6.45, 7) is 5.92. The minimum Gasteiger partial charge on any atom is -0.507 e. The average molecular weight is 543 g/mol. The van der Waals surface area contributed by atoms with Crippen LogP contribution in [-0.4, -0.2) is 34.5 Å². The third-order valence-electron chi connectivity index (χ3n) is 6.72. The Labute approximate surface area is 227 Å². The molecule has 2 atom stereocenters. The van der Waals surface area contributed by atoms with E-state index in [1.807, 2.05) is 6.92 Å². The number of carbonyl (C=O) groups is 2. The monoisotopic (exact) mass is 542 g/mol. The van der Waals surface area contributed by atoms with Gasteiger partial charge in [0.25, 0.3) is 5.78 Å². The fraction of sp³-hybridized carbons (Fsp3) is 0.167. The lowest BCUT2D eigenvalue weighted by Gasteiger charge is -2.23. The molecule has 0 aliphatic carbocycles. The molecule has 3 aromatic carbocycles. The first-order valence-electron chi connectivity index (χ1n) is 12.3. The first kappa shape index (κ1) is 24.8. The van der Waals surface area contributed by atoms with Gasteiger partial charge in [-0.05, 0) is 66.6 Å². The summed E-state index contributed by atoms with van der Waals surface area (Å²) in [5, 5.41) is 11.7. The first-order valence-corrected chi connectivity index (χ1v) is 13.2. The maximum absolute atomic E-state index is 13.9. The number of hydrogen-bond acceptors (Lipinski definition) is 7. The third kappa shape index (κ3) is 4.34. The molecule has 1 aromatic heterocycles. The van der Waals surface area contributed by atoms with Crippen LogP contribution in [0.4, 0.5) is 9.52 Å². The molecule has 196 valence electrons. The Hall–Kier alpha value is -4.50. The number of Topliss-reactive ketones (excluding diaryl/α,β-unsaturated/α-hetero) is 1. The van der Waals surface area contributed by atoms with E-state index in [1.54, 1.807) is 48.5 Å². The fourth-order valence-corrected chi connectivity index (χ4v) is 5.98. The number of aromatic nitrogens is 1. The van der Waals surface area contributed by atoms with Crippen LogP contribution in [0.3, 0.4) is 0 Å². The Morgan fingerprint density at radius 1 is 1.21 bits per heavy atom. The molecule has 3 heterocycles. The minimum atomic E-state index is -0.965. The number of hydrogen-bond donors (Lipinski definition) is 1. The molecule has 1 N–H and O–H groups in total. The summed E-state index contributed by atoms with van der Waals surface area (Å²) >= 11 is 1.10. The van der Waals surface area contributed by atoms with Crippen molar-refractivity contribution in [1.82, 2.24) is 4.98 Å². The predicted molar refractivity (Wildman–Crippen MR) is 147 cm³/mol. The van der Waals surface area contributed by atoms with Gasteiger partial charge in [0.1, 0.15) is 35.8 Å². The van der Waals surface area contributed by atoms with Crippen LogP contribution in [0.5, 0.6) is 11.5 Å². The number of benzene rings is 3. The van der Waals surface area contributed by atoms with E-state index >= 15 is 0 Å². The first-order chi connectivity index (χ1) is 18.8. The van der Waals surface area contributed by atoms with Crippen LogP contribution in [0.2, 0.25) is 0 Å². The van der Waals surface area contributed by atoms with Crippen LogP contribution in [-0.2, 0) is 16.0 Å². The van der Waals surface area contributed by atoms with E-state index in [9.17, 15) is 19.1 Å². The molecule has 7 nitrogen and oxygen atoms in total. The Balaban J connectivity index is 1.50. The van der Waals surface area contributed by atoms with Crippen LogP contribution in [0, 0.1) is 5.82 Å². The molecule has 0 radical (unpaired) electrons. The zero-order chi connectivity index (χ0) is 27.3. The van der Waals surface area contributed by atoms with Gasteiger partial charge in [-0.25, -0.2) is 9.37 Å². The standard InChI is InChI=1S/C30H23FN2O5S/c1-3-12-37-21-8-4-17(5-9-21)26-25(27(34)18-6-11-23-19(14-18)13-16(2)38-23)28(35)29(36)33(26)30-32-22-10-7-20(31)15-24(22)39-30/h3-11,14-16,26,34H,1,12-13H2,2H3/b27-25+/t16-,26+/m0/s1. The highest BCUT2D eigenvalue weighted by Crippen LogP contribution is 2.45. The van der Waals surface area contributed by atoms with Crippen molar-refractivity contribution in [2.24, 2.45) is 0 Å². The van der Waals surface area contributed by atoms with Crippen LogP contribution in [0.15, 0.2) is 78.9 Å². The number of amides is 1. The lowest BCUT2D eigenvalue weighted by molar-refractivity contribution is -0.132. The van der Waals surface area contributed by atoms with Crippen LogP contribution < -0.4 is 14.4 Å². The van der Waals surface area contributed by atoms with Crippen molar-refractivity contribution >= 4 is 44.1 Å². The van der Waals surface area contributed by atoms with Gasteiger partial charge in [0.15, 0.2) is 5.13 Å². The van der Waals surface area contributed by atoms with E-state index in [-0.39, 0.29) is 22.6 Å². The molecule has 1 saturated heterocycles. The zero-order valence-electron chi connectivity index (χ0n) is 20.9. The van der Waals surface area contributed by atoms with E-state index in [0.29, 0.717) is 40.1 Å². The summed E-state index contributed by atoms with van der Waals surface area (Å²) in [5.41, 5.74) is 2.33. The van der Waals surface area contributed by atoms with Crippen molar-refractivity contribution in [3.8, 4) is 11.5 Å². The number of thiazole rings is 1. The highest BCUT2D eigenvalue weighted by atomic mass is 32.1. The molecule has 0 bridgehead atoms. The lowest BCUT2D eigenvalue weighted by Crippen LogP contribution is -2.29. The van der Waals surface area contributed by atoms with Crippen molar-refractivity contribution in [3.05, 3.63) is 101 Å². The number of rotatable bonds is 6. The maximum Gasteiger partial charge on any atom is 0.301 e. The number of halogens is 1. The van der Waals surface area contributed by atoms with Gasteiger partial charge in [-0.3, -0.25) is 14.5 Å². The number of aliphatic hydroxyl groups excluding tert-OH is 1. The highest BCUT2D eigenvalue weighted by Gasteiger charge is 2.48. The number of nitrogens with zero attached hydrogens (tertiary/aromatic N) is 2. The zero-order valence-corrected chi connectivity index (χ0v) is 21.7. The maximum atomic E-state index is 13.9. The number of carbonyl (C=O) groups excluding carboxylic acids is 2. The van der Waals surface area contributed by atoms with Crippen LogP contribution >= 0.6 is 11.3 Å². The summed E-state index contributed by atoms with van der Waals surface area (Å²) < 4.78 is 25.8. The molecule has 0 spiro atoms. The smallest absolute Gasteiger partial charge is 0.301 e. The molecule has 2 aliphatic heterocycles. The van der Waals surface area contributed by atoms with Crippen molar-refractivity contribution in [2.75, 3.05) is 11.5 Å². The van der Waals surface area contributed by atoms with Gasteiger partial charge in [0.2, 0.25) is 0 Å². The summed E-state index contributed by atoms with van der Waals surface area (Å²) in [5.74, 6) is -1.07. The normalized spacial score (nSPS) is 19.8. The Morgan fingerprint density at radius 2 is 2.00 bits per heavy atom. The summed E-state index contributed by atoms with van der Waals surface area (Å²) in [7, 11) is 0. The Kier molecular flexibility index (Phi) is 6.15. The molecule has 1 fully saturated rings. The summed E-state index contributed by atoms with van der Waals surface area (Å²) in [6, 6.07) is 15.3. The molecule has 39 heavy (non-hydrogen) atoms. The Morgan fingerprint density at radius 3 is 2.77 bits per heavy atom. The molecule has 2 aliphatic rings. The second-order valence-electron chi connectivity index (χ2n) is 9.40. The predicted octanol–water partition coefficient (Wildman–Crippen LogP) is 5.95. The third-order valence-corrected chi connectivity index (χ3v) is 7.74. The average Bonchev–Trinajstić information content (AvgIpc) is 3.59. The number of ketones is 1. The van der Waals surface area contributed by atoms with Gasteiger partial charge in [-0.2, -0.15) is 0 Å². The van der Waals surface area contributed by atoms with Gasteiger partial charge in [0.05, 0.1) is 21.8 Å². The number of aliphatic hydroxyl groups is 1. The van der Waals surface area contributed by atoms with Crippen LogP contribution in [0.1, 0.15) is 29.7 Å². The molecule has 0 saturated carbocycles. The number of anilines is 1. The van der Waals surface area contributed by atoms with Crippen LogP contribution in [0.25, 0.3) is 16.0 Å². The van der Waals surface area contributed by atoms with Gasteiger partial charge < -0.3 is 14.6 Å². The quantitative estimate of drug-likeness (QED) is 0.140. The molecule has 1 amide bonds. The highest BCUT2D eigenvalue weighted by molar-refractivity contribution is 7.22. The van der Waals surface area contributed by atoms with Gasteiger partial charge in [0, 0.05) is 12.0 Å². The second kappa shape index (κ2) is 9.67. The summed E-state index contributed by atoms with van der Waals surface area (Å²) in [4.78, 5) is 32.8. The Bertz CT molecular complexity index is 1680. The van der Waals surface area contributed by atoms with E-state index < -0.39 is 23.5 Å². The van der Waals surface area contributed by atoms with Crippen molar-refractivity contribution in [1.29, 1.82) is 0 Å². The van der Waals surface area contributed by atoms with Gasteiger partial charge in [-0.15, -0.1) is 0 Å².